The minimum absolute atomic E-state index is 0.128. The van der Waals surface area contributed by atoms with Crippen molar-refractivity contribution in [1.82, 2.24) is 15.0 Å². The zero-order valence-corrected chi connectivity index (χ0v) is 23.0. The molecule has 202 valence electrons. The zero-order valence-electron chi connectivity index (χ0n) is 23.0. The van der Waals surface area contributed by atoms with Crippen LogP contribution in [0.5, 0.6) is 5.75 Å². The highest BCUT2D eigenvalue weighted by atomic mass is 16.3. The maximum Gasteiger partial charge on any atom is 0.232 e. The van der Waals surface area contributed by atoms with Gasteiger partial charge in [-0.05, 0) is 92.2 Å². The van der Waals surface area contributed by atoms with Crippen LogP contribution < -0.4 is 21.7 Å². The molecule has 0 atom stereocenters. The first-order chi connectivity index (χ1) is 19.2. The van der Waals surface area contributed by atoms with E-state index in [0.29, 0.717) is 40.2 Å². The Morgan fingerprint density at radius 1 is 0.775 bits per heavy atom. The Hall–Kier alpha value is -5.25. The van der Waals surface area contributed by atoms with Gasteiger partial charge < -0.3 is 26.8 Å². The summed E-state index contributed by atoms with van der Waals surface area (Å²) < 4.78 is 0. The molecule has 0 aliphatic heterocycles. The lowest BCUT2D eigenvalue weighted by molar-refractivity contribution is 0.481. The summed E-state index contributed by atoms with van der Waals surface area (Å²) in [4.78, 5) is 13.4. The number of hydrogen-bond acceptors (Lipinski definition) is 10. The molecular weight excluding hydrogens is 502 g/mol. The summed E-state index contributed by atoms with van der Waals surface area (Å²) in [6, 6.07) is 19.1. The Labute approximate surface area is 232 Å². The third-order valence-corrected chi connectivity index (χ3v) is 6.48. The van der Waals surface area contributed by atoms with E-state index >= 15 is 0 Å². The van der Waals surface area contributed by atoms with Gasteiger partial charge in [0.2, 0.25) is 11.9 Å². The molecule has 4 aromatic carbocycles. The summed E-state index contributed by atoms with van der Waals surface area (Å²) in [5.41, 5.74) is 13.3. The number of fused-ring (bicyclic) bond motifs is 1. The molecular formula is C30H31N9O. The van der Waals surface area contributed by atoms with E-state index in [1.54, 1.807) is 6.07 Å². The molecule has 0 fully saturated rings. The van der Waals surface area contributed by atoms with Gasteiger partial charge in [0.05, 0.1) is 28.1 Å². The van der Waals surface area contributed by atoms with Crippen molar-refractivity contribution in [3.05, 3.63) is 83.2 Å². The number of anilines is 6. The van der Waals surface area contributed by atoms with E-state index in [1.165, 1.54) is 0 Å². The lowest BCUT2D eigenvalue weighted by Crippen LogP contribution is -2.06. The summed E-state index contributed by atoms with van der Waals surface area (Å²) in [5, 5.41) is 30.7. The highest BCUT2D eigenvalue weighted by Gasteiger charge is 2.14. The lowest BCUT2D eigenvalue weighted by Gasteiger charge is -2.12. The van der Waals surface area contributed by atoms with E-state index in [9.17, 15) is 5.11 Å². The number of azo groups is 1. The van der Waals surface area contributed by atoms with Gasteiger partial charge in [0, 0.05) is 12.7 Å². The van der Waals surface area contributed by atoms with Crippen molar-refractivity contribution < 1.29 is 5.11 Å². The van der Waals surface area contributed by atoms with Gasteiger partial charge in [-0.2, -0.15) is 20.1 Å². The average molecular weight is 534 g/mol. The van der Waals surface area contributed by atoms with Gasteiger partial charge in [-0.25, -0.2) is 0 Å². The molecule has 0 saturated carbocycles. The number of phenolic OH excluding ortho intramolecular Hbond substituents is 1. The molecule has 1 heterocycles. The van der Waals surface area contributed by atoms with Crippen LogP contribution in [-0.2, 0) is 0 Å². The van der Waals surface area contributed by atoms with Crippen molar-refractivity contribution in [2.75, 3.05) is 28.7 Å². The normalized spacial score (nSPS) is 11.2. The second-order valence-electron chi connectivity index (χ2n) is 9.61. The van der Waals surface area contributed by atoms with Crippen molar-refractivity contribution >= 4 is 56.8 Å². The van der Waals surface area contributed by atoms with E-state index in [0.717, 1.165) is 39.1 Å². The quantitative estimate of drug-likeness (QED) is 0.107. The monoisotopic (exact) mass is 533 g/mol. The van der Waals surface area contributed by atoms with E-state index in [2.05, 4.69) is 41.1 Å². The number of phenols is 1. The Morgan fingerprint density at radius 2 is 1.50 bits per heavy atom. The number of nitrogens with two attached hydrogens (primary N) is 1. The van der Waals surface area contributed by atoms with Crippen LogP contribution in [0.1, 0.15) is 22.5 Å². The van der Waals surface area contributed by atoms with Crippen LogP contribution in [0.25, 0.3) is 10.8 Å². The first-order valence-corrected chi connectivity index (χ1v) is 12.8. The molecule has 0 amide bonds. The van der Waals surface area contributed by atoms with E-state index in [1.807, 2.05) is 89.3 Å². The van der Waals surface area contributed by atoms with Gasteiger partial charge >= 0.3 is 0 Å². The SMILES string of the molecule is CNc1ccccc1Nc1nc(C)nc(Nc2ccc(N=Nc3c(N)c(C)cc4cc(C)cc(O)c34)c(C)c2)n1. The van der Waals surface area contributed by atoms with Crippen molar-refractivity contribution in [3.63, 3.8) is 0 Å². The summed E-state index contributed by atoms with van der Waals surface area (Å²) in [6.07, 6.45) is 0. The molecule has 0 saturated heterocycles. The van der Waals surface area contributed by atoms with Crippen molar-refractivity contribution in [2.24, 2.45) is 10.2 Å². The first kappa shape index (κ1) is 26.4. The fourth-order valence-corrected chi connectivity index (χ4v) is 4.51. The van der Waals surface area contributed by atoms with Gasteiger partial charge in [0.25, 0.3) is 0 Å². The average Bonchev–Trinajstić information content (AvgIpc) is 2.90. The van der Waals surface area contributed by atoms with Crippen LogP contribution in [0.2, 0.25) is 0 Å². The molecule has 10 nitrogen and oxygen atoms in total. The highest BCUT2D eigenvalue weighted by molar-refractivity contribution is 6.03. The molecule has 5 rings (SSSR count). The van der Waals surface area contributed by atoms with Crippen LogP contribution in [0, 0.1) is 27.7 Å². The van der Waals surface area contributed by atoms with Crippen molar-refractivity contribution in [2.45, 2.75) is 27.7 Å². The summed E-state index contributed by atoms with van der Waals surface area (Å²) in [7, 11) is 1.86. The standard InChI is InChI=1S/C30H31N9O/c1-16-12-20-14-18(3)27(31)28(26(20)25(40)13-16)39-38-22-11-10-21(15-17(22)2)35-29-33-19(4)34-30(37-29)36-24-9-7-6-8-23(24)32-5/h6-15,32,40H,31H2,1-5H3,(H2,33,34,35,36,37). The summed E-state index contributed by atoms with van der Waals surface area (Å²) >= 11 is 0. The number of aromatic nitrogens is 3. The Bertz CT molecular complexity index is 1770. The van der Waals surface area contributed by atoms with Crippen LogP contribution in [-0.4, -0.2) is 27.1 Å². The largest absolute Gasteiger partial charge is 0.507 e. The molecule has 10 heteroatoms. The number of nitrogens with zero attached hydrogens (tertiary/aromatic N) is 5. The molecule has 6 N–H and O–H groups in total. The van der Waals surface area contributed by atoms with Gasteiger partial charge in [-0.1, -0.05) is 18.2 Å². The predicted molar refractivity (Wildman–Crippen MR) is 162 cm³/mol. The Balaban J connectivity index is 1.40. The fraction of sp³-hybridized carbons (Fsp3) is 0.167. The van der Waals surface area contributed by atoms with Crippen molar-refractivity contribution in [3.8, 4) is 5.75 Å². The van der Waals surface area contributed by atoms with Gasteiger partial charge in [-0.3, -0.25) is 0 Å². The molecule has 40 heavy (non-hydrogen) atoms. The van der Waals surface area contributed by atoms with Crippen LogP contribution in [0.4, 0.5) is 46.0 Å². The van der Waals surface area contributed by atoms with E-state index in [-0.39, 0.29) is 5.75 Å². The van der Waals surface area contributed by atoms with Gasteiger partial charge in [0.1, 0.15) is 17.3 Å². The second kappa shape index (κ2) is 10.9. The third-order valence-electron chi connectivity index (χ3n) is 6.48. The molecule has 5 aromatic rings. The minimum atomic E-state index is 0.128. The number of aryl methyl sites for hydroxylation is 4. The van der Waals surface area contributed by atoms with Gasteiger partial charge in [0.15, 0.2) is 0 Å². The summed E-state index contributed by atoms with van der Waals surface area (Å²) in [6.45, 7) is 7.61. The maximum atomic E-state index is 10.6. The number of nitrogens with one attached hydrogen (secondary N) is 3. The molecule has 0 radical (unpaired) electrons. The van der Waals surface area contributed by atoms with E-state index < -0.39 is 0 Å². The van der Waals surface area contributed by atoms with Crippen LogP contribution in [0.15, 0.2) is 70.9 Å². The Morgan fingerprint density at radius 3 is 2.23 bits per heavy atom. The molecule has 0 spiro atoms. The molecule has 0 aliphatic rings. The summed E-state index contributed by atoms with van der Waals surface area (Å²) in [5.74, 6) is 1.55. The molecule has 1 aromatic heterocycles. The fourth-order valence-electron chi connectivity index (χ4n) is 4.51. The second-order valence-corrected chi connectivity index (χ2v) is 9.61. The smallest absolute Gasteiger partial charge is 0.232 e. The number of benzene rings is 4. The van der Waals surface area contributed by atoms with Crippen molar-refractivity contribution in [1.29, 1.82) is 0 Å². The minimum Gasteiger partial charge on any atom is -0.507 e. The zero-order chi connectivity index (χ0) is 28.4. The molecule has 0 bridgehead atoms. The number of hydrogen-bond donors (Lipinski definition) is 5. The highest BCUT2D eigenvalue weighted by Crippen LogP contribution is 2.41. The van der Waals surface area contributed by atoms with Crippen LogP contribution >= 0.6 is 0 Å². The van der Waals surface area contributed by atoms with Gasteiger partial charge in [-0.15, -0.1) is 5.11 Å². The number of rotatable bonds is 7. The first-order valence-electron chi connectivity index (χ1n) is 12.8. The third kappa shape index (κ3) is 5.46. The topological polar surface area (TPSA) is 146 Å². The van der Waals surface area contributed by atoms with Crippen LogP contribution in [0.3, 0.4) is 0 Å². The number of para-hydroxylation sites is 2. The Kier molecular flexibility index (Phi) is 7.15. The number of aromatic hydroxyl groups is 1. The molecule has 0 unspecified atom stereocenters. The maximum absolute atomic E-state index is 10.6. The molecule has 0 aliphatic carbocycles. The lowest BCUT2D eigenvalue weighted by atomic mass is 10.0. The number of nitrogen functional groups attached to an aromatic ring is 1. The van der Waals surface area contributed by atoms with E-state index in [4.69, 9.17) is 5.73 Å². The predicted octanol–water partition coefficient (Wildman–Crippen LogP) is 7.49.